The molecule has 0 unspecified atom stereocenters. The number of hydrogen-bond donors (Lipinski definition) is 3. The molecule has 1 atom stereocenters. The first-order valence-electron chi connectivity index (χ1n) is 10.2. The lowest BCUT2D eigenvalue weighted by atomic mass is 10.1. The van der Waals surface area contributed by atoms with Gasteiger partial charge in [0.15, 0.2) is 0 Å². The minimum Gasteiger partial charge on any atom is -0.448 e. The zero-order valence-electron chi connectivity index (χ0n) is 18.0. The number of nitrogens with one attached hydrogen (secondary N) is 2. The van der Waals surface area contributed by atoms with Crippen LogP contribution in [-0.2, 0) is 33.8 Å². The average Bonchev–Trinajstić information content (AvgIpc) is 2.80. The van der Waals surface area contributed by atoms with Gasteiger partial charge in [0.25, 0.3) is 0 Å². The molecule has 0 aliphatic heterocycles. The summed E-state index contributed by atoms with van der Waals surface area (Å²) in [5, 5.41) is 14.9. The van der Waals surface area contributed by atoms with Crippen LogP contribution in [0.5, 0.6) is 0 Å². The molecule has 0 heterocycles. The summed E-state index contributed by atoms with van der Waals surface area (Å²) in [4.78, 5) is 25.7. The number of likely N-dealkylation sites (N-methyl/N-ethyl adjacent to an activating group) is 1. The average molecular weight is 430 g/mol. The Labute approximate surface area is 183 Å². The third-order valence-corrected chi connectivity index (χ3v) is 4.69. The molecule has 0 saturated carbocycles. The predicted molar refractivity (Wildman–Crippen MR) is 117 cm³/mol. The normalized spacial score (nSPS) is 11.6. The van der Waals surface area contributed by atoms with Gasteiger partial charge in [-0.15, -0.1) is 0 Å². The molecule has 31 heavy (non-hydrogen) atoms. The van der Waals surface area contributed by atoms with E-state index in [0.717, 1.165) is 16.7 Å². The molecule has 0 saturated heterocycles. The summed E-state index contributed by atoms with van der Waals surface area (Å²) >= 11 is 0. The second-order valence-corrected chi connectivity index (χ2v) is 7.08. The molecule has 8 heteroatoms. The Hall–Kier alpha value is -2.94. The number of methoxy groups -OCH3 is 1. The number of aliphatic hydroxyl groups is 1. The second kappa shape index (κ2) is 13.4. The first-order valence-corrected chi connectivity index (χ1v) is 10.2. The number of rotatable bonds is 12. The van der Waals surface area contributed by atoms with Crippen molar-refractivity contribution in [2.75, 3.05) is 27.3 Å². The summed E-state index contributed by atoms with van der Waals surface area (Å²) in [6.45, 7) is 1.20. The number of carbonyl (C=O) groups excluding carboxylic acids is 2. The molecule has 0 aliphatic rings. The standard InChI is InChI=1S/C23H31N3O5/c1-26(21(27)12-11-18-7-4-3-5-8-18)13-14-31-23(29)25-17-20-10-6-9-19(15-20)16-24-22(28)30-2/h3-10,15,22,24,28H,11-14,16-17H2,1-2H3,(H,25,29)/t22-/m1/s1. The molecule has 168 valence electrons. The molecular formula is C23H31N3O5. The molecule has 0 spiro atoms. The number of alkyl carbamates (subject to hydrolysis) is 1. The molecule has 0 aromatic heterocycles. The van der Waals surface area contributed by atoms with E-state index in [1.165, 1.54) is 7.11 Å². The van der Waals surface area contributed by atoms with Crippen molar-refractivity contribution in [3.8, 4) is 0 Å². The number of benzene rings is 2. The molecule has 0 aliphatic carbocycles. The molecule has 0 radical (unpaired) electrons. The number of aliphatic hydroxyl groups excluding tert-OH is 1. The van der Waals surface area contributed by atoms with Crippen molar-refractivity contribution in [3.05, 3.63) is 71.3 Å². The number of hydrogen-bond acceptors (Lipinski definition) is 6. The van der Waals surface area contributed by atoms with E-state index in [0.29, 0.717) is 32.5 Å². The van der Waals surface area contributed by atoms with E-state index < -0.39 is 12.5 Å². The van der Waals surface area contributed by atoms with Crippen molar-refractivity contribution in [1.82, 2.24) is 15.5 Å². The monoisotopic (exact) mass is 429 g/mol. The van der Waals surface area contributed by atoms with Crippen LogP contribution in [0.4, 0.5) is 4.79 Å². The minimum absolute atomic E-state index is 0.0110. The van der Waals surface area contributed by atoms with Gasteiger partial charge in [-0.3, -0.25) is 10.1 Å². The number of nitrogens with zero attached hydrogens (tertiary/aromatic N) is 1. The van der Waals surface area contributed by atoms with Gasteiger partial charge in [-0.1, -0.05) is 54.6 Å². The maximum atomic E-state index is 12.2. The SMILES string of the molecule is CO[C@@H](O)NCc1cccc(CNC(=O)OCCN(C)C(=O)CCc2ccccc2)c1. The van der Waals surface area contributed by atoms with E-state index in [4.69, 9.17) is 9.47 Å². The van der Waals surface area contributed by atoms with Crippen molar-refractivity contribution in [3.63, 3.8) is 0 Å². The van der Waals surface area contributed by atoms with Crippen LogP contribution in [0, 0.1) is 0 Å². The smallest absolute Gasteiger partial charge is 0.407 e. The third-order valence-electron chi connectivity index (χ3n) is 4.69. The quantitative estimate of drug-likeness (QED) is 0.447. The predicted octanol–water partition coefficient (Wildman–Crippen LogP) is 2.02. The molecule has 2 aromatic rings. The highest BCUT2D eigenvalue weighted by atomic mass is 16.6. The number of amides is 2. The van der Waals surface area contributed by atoms with Crippen molar-refractivity contribution in [2.45, 2.75) is 32.3 Å². The minimum atomic E-state index is -1.03. The maximum Gasteiger partial charge on any atom is 0.407 e. The Morgan fingerprint density at radius 2 is 1.71 bits per heavy atom. The van der Waals surface area contributed by atoms with E-state index in [9.17, 15) is 14.7 Å². The van der Waals surface area contributed by atoms with Crippen LogP contribution in [0.2, 0.25) is 0 Å². The molecule has 2 aromatic carbocycles. The zero-order chi connectivity index (χ0) is 22.5. The first kappa shape index (κ1) is 24.3. The molecular weight excluding hydrogens is 398 g/mol. The fourth-order valence-corrected chi connectivity index (χ4v) is 2.85. The molecule has 0 bridgehead atoms. The van der Waals surface area contributed by atoms with Crippen LogP contribution in [0.25, 0.3) is 0 Å². The van der Waals surface area contributed by atoms with Crippen LogP contribution >= 0.6 is 0 Å². The largest absolute Gasteiger partial charge is 0.448 e. The Morgan fingerprint density at radius 3 is 2.42 bits per heavy atom. The van der Waals surface area contributed by atoms with Gasteiger partial charge in [-0.25, -0.2) is 4.79 Å². The number of aryl methyl sites for hydroxylation is 1. The molecule has 0 fully saturated rings. The van der Waals surface area contributed by atoms with Crippen molar-refractivity contribution < 1.29 is 24.2 Å². The summed E-state index contributed by atoms with van der Waals surface area (Å²) in [5.74, 6) is 0.0110. The van der Waals surface area contributed by atoms with Gasteiger partial charge < -0.3 is 24.8 Å². The van der Waals surface area contributed by atoms with Gasteiger partial charge in [0.05, 0.1) is 6.54 Å². The molecule has 8 nitrogen and oxygen atoms in total. The molecule has 2 rings (SSSR count). The molecule has 3 N–H and O–H groups in total. The lowest BCUT2D eigenvalue weighted by Gasteiger charge is -2.17. The summed E-state index contributed by atoms with van der Waals surface area (Å²) in [7, 11) is 3.11. The number of ether oxygens (including phenoxy) is 2. The van der Waals surface area contributed by atoms with Crippen LogP contribution in [0.1, 0.15) is 23.1 Å². The highest BCUT2D eigenvalue weighted by Crippen LogP contribution is 2.06. The fraction of sp³-hybridized carbons (Fsp3) is 0.391. The van der Waals surface area contributed by atoms with Crippen molar-refractivity contribution in [1.29, 1.82) is 0 Å². The highest BCUT2D eigenvalue weighted by Gasteiger charge is 2.10. The van der Waals surface area contributed by atoms with Crippen LogP contribution in [-0.4, -0.2) is 55.7 Å². The van der Waals surface area contributed by atoms with E-state index in [-0.39, 0.29) is 12.5 Å². The summed E-state index contributed by atoms with van der Waals surface area (Å²) < 4.78 is 9.90. The first-order chi connectivity index (χ1) is 15.0. The van der Waals surface area contributed by atoms with Crippen LogP contribution in [0.15, 0.2) is 54.6 Å². The lowest BCUT2D eigenvalue weighted by molar-refractivity contribution is -0.130. The topological polar surface area (TPSA) is 100 Å². The van der Waals surface area contributed by atoms with E-state index in [2.05, 4.69) is 10.6 Å². The van der Waals surface area contributed by atoms with Gasteiger partial charge in [0, 0.05) is 33.7 Å². The zero-order valence-corrected chi connectivity index (χ0v) is 18.0. The van der Waals surface area contributed by atoms with Crippen LogP contribution in [0.3, 0.4) is 0 Å². The Morgan fingerprint density at radius 1 is 1.03 bits per heavy atom. The van der Waals surface area contributed by atoms with E-state index in [1.54, 1.807) is 11.9 Å². The molecule has 2 amide bonds. The van der Waals surface area contributed by atoms with E-state index in [1.807, 2.05) is 54.6 Å². The second-order valence-electron chi connectivity index (χ2n) is 7.08. The highest BCUT2D eigenvalue weighted by molar-refractivity contribution is 5.76. The van der Waals surface area contributed by atoms with Gasteiger partial charge in [-0.05, 0) is 23.1 Å². The van der Waals surface area contributed by atoms with Gasteiger partial charge in [0.2, 0.25) is 12.3 Å². The Kier molecular flexibility index (Phi) is 10.5. The number of carbonyl (C=O) groups is 2. The lowest BCUT2D eigenvalue weighted by Crippen LogP contribution is -2.32. The van der Waals surface area contributed by atoms with E-state index >= 15 is 0 Å². The summed E-state index contributed by atoms with van der Waals surface area (Å²) in [5.41, 5.74) is 2.96. The van der Waals surface area contributed by atoms with Crippen molar-refractivity contribution >= 4 is 12.0 Å². The van der Waals surface area contributed by atoms with Crippen LogP contribution < -0.4 is 10.6 Å². The van der Waals surface area contributed by atoms with Gasteiger partial charge in [-0.2, -0.15) is 0 Å². The summed E-state index contributed by atoms with van der Waals surface area (Å²) in [6, 6.07) is 17.4. The van der Waals surface area contributed by atoms with Gasteiger partial charge >= 0.3 is 6.09 Å². The Bertz CT molecular complexity index is 816. The summed E-state index contributed by atoms with van der Waals surface area (Å²) in [6.07, 6.45) is -0.465. The van der Waals surface area contributed by atoms with Gasteiger partial charge in [0.1, 0.15) is 6.61 Å². The van der Waals surface area contributed by atoms with Crippen molar-refractivity contribution in [2.24, 2.45) is 0 Å². The third kappa shape index (κ3) is 9.61. The fourth-order valence-electron chi connectivity index (χ4n) is 2.85. The Balaban J connectivity index is 1.63. The maximum absolute atomic E-state index is 12.2.